The molecule has 0 aliphatic heterocycles. The Balaban J connectivity index is 1.42. The molecule has 5 N–H and O–H groups in total. The number of carbonyl (C=O) groups excluding carboxylic acids is 2. The average molecular weight is 426 g/mol. The van der Waals surface area contributed by atoms with Gasteiger partial charge in [0.2, 0.25) is 11.8 Å². The molecule has 9 heteroatoms. The maximum atomic E-state index is 14.2. The second-order valence-corrected chi connectivity index (χ2v) is 8.51. The molecule has 1 heterocycles. The van der Waals surface area contributed by atoms with E-state index in [4.69, 9.17) is 5.73 Å². The minimum absolute atomic E-state index is 0.0207. The minimum Gasteiger partial charge on any atom is -0.369 e. The predicted octanol–water partition coefficient (Wildman–Crippen LogP) is 1.75. The molecule has 2 aliphatic rings. The van der Waals surface area contributed by atoms with Crippen LogP contribution in [0.3, 0.4) is 0 Å². The van der Waals surface area contributed by atoms with Crippen LogP contribution in [0.5, 0.6) is 0 Å². The molecule has 8 nitrogen and oxygen atoms in total. The average Bonchev–Trinajstić information content (AvgIpc) is 3.27. The molecule has 0 spiro atoms. The molecule has 5 atom stereocenters. The summed E-state index contributed by atoms with van der Waals surface area (Å²) in [5.41, 5.74) is 7.49. The lowest BCUT2D eigenvalue weighted by Gasteiger charge is -2.35. The van der Waals surface area contributed by atoms with Gasteiger partial charge in [0.05, 0.1) is 18.7 Å². The van der Waals surface area contributed by atoms with Crippen molar-refractivity contribution in [2.45, 2.75) is 38.8 Å². The van der Waals surface area contributed by atoms with Gasteiger partial charge in [-0.1, -0.05) is 12.1 Å². The van der Waals surface area contributed by atoms with E-state index in [1.165, 1.54) is 0 Å². The predicted molar refractivity (Wildman–Crippen MR) is 115 cm³/mol. The monoisotopic (exact) mass is 426 g/mol. The Hall–Kier alpha value is -3.07. The van der Waals surface area contributed by atoms with Crippen LogP contribution in [-0.4, -0.2) is 40.4 Å². The quantitative estimate of drug-likeness (QED) is 0.535. The third-order valence-electron chi connectivity index (χ3n) is 6.33. The first-order chi connectivity index (χ1) is 14.8. The van der Waals surface area contributed by atoms with Crippen molar-refractivity contribution in [1.29, 1.82) is 0 Å². The summed E-state index contributed by atoms with van der Waals surface area (Å²) in [7, 11) is 0. The highest BCUT2D eigenvalue weighted by Gasteiger charge is 2.55. The smallest absolute Gasteiger partial charge is 0.238 e. The molecular formula is C22H27FN6O2. The van der Waals surface area contributed by atoms with Crippen LogP contribution >= 0.6 is 0 Å². The molecule has 2 saturated carbocycles. The zero-order chi connectivity index (χ0) is 22.1. The first-order valence-corrected chi connectivity index (χ1v) is 10.5. The van der Waals surface area contributed by atoms with Gasteiger partial charge in [-0.25, -0.2) is 14.4 Å². The number of rotatable bonds is 7. The lowest BCUT2D eigenvalue weighted by atomic mass is 9.81. The molecule has 2 fully saturated rings. The van der Waals surface area contributed by atoms with E-state index in [-0.39, 0.29) is 42.2 Å². The third-order valence-corrected chi connectivity index (χ3v) is 6.33. The summed E-state index contributed by atoms with van der Waals surface area (Å²) in [6.07, 6.45) is 2.65. The molecule has 5 unspecified atom stereocenters. The van der Waals surface area contributed by atoms with Crippen molar-refractivity contribution in [3.05, 3.63) is 47.7 Å². The number of fused-ring (bicyclic) bond motifs is 2. The van der Waals surface area contributed by atoms with Crippen LogP contribution in [0.15, 0.2) is 30.5 Å². The summed E-state index contributed by atoms with van der Waals surface area (Å²) >= 11 is 0. The molecule has 1 aromatic carbocycles. The number of carbonyl (C=O) groups is 2. The van der Waals surface area contributed by atoms with Crippen molar-refractivity contribution >= 4 is 23.3 Å². The van der Waals surface area contributed by atoms with Crippen molar-refractivity contribution in [3.63, 3.8) is 0 Å². The van der Waals surface area contributed by atoms with Crippen molar-refractivity contribution in [2.24, 2.45) is 23.5 Å². The van der Waals surface area contributed by atoms with Crippen molar-refractivity contribution in [3.8, 4) is 0 Å². The van der Waals surface area contributed by atoms with Crippen LogP contribution in [-0.2, 0) is 9.59 Å². The molecule has 4 rings (SSSR count). The fourth-order valence-corrected chi connectivity index (χ4v) is 5.07. The SMILES string of the molecule is Cc1cccc(NC(=O)CNC2CC3CC2C(Nc2nc(C)ncc2F)C3C(N)=O)c1. The number of primary amides is 1. The molecule has 164 valence electrons. The van der Waals surface area contributed by atoms with Crippen LogP contribution in [0.1, 0.15) is 24.2 Å². The van der Waals surface area contributed by atoms with Crippen LogP contribution in [0, 0.1) is 37.4 Å². The first kappa shape index (κ1) is 21.2. The van der Waals surface area contributed by atoms with E-state index >= 15 is 0 Å². The number of nitrogens with one attached hydrogen (secondary N) is 3. The number of aryl methyl sites for hydroxylation is 2. The van der Waals surface area contributed by atoms with E-state index in [2.05, 4.69) is 25.9 Å². The van der Waals surface area contributed by atoms with E-state index in [1.54, 1.807) is 6.92 Å². The Labute approximate surface area is 180 Å². The maximum absolute atomic E-state index is 14.2. The Morgan fingerprint density at radius 1 is 1.26 bits per heavy atom. The van der Waals surface area contributed by atoms with Crippen molar-refractivity contribution in [2.75, 3.05) is 17.2 Å². The van der Waals surface area contributed by atoms with Crippen molar-refractivity contribution < 1.29 is 14.0 Å². The molecule has 31 heavy (non-hydrogen) atoms. The number of nitrogens with two attached hydrogens (primary N) is 1. The third kappa shape index (κ3) is 4.51. The maximum Gasteiger partial charge on any atom is 0.238 e. The van der Waals surface area contributed by atoms with Gasteiger partial charge < -0.3 is 21.7 Å². The molecule has 2 aliphatic carbocycles. The van der Waals surface area contributed by atoms with E-state index in [1.807, 2.05) is 31.2 Å². The number of aromatic nitrogens is 2. The number of hydrogen-bond acceptors (Lipinski definition) is 6. The molecule has 0 saturated heterocycles. The Kier molecular flexibility index (Phi) is 5.86. The van der Waals surface area contributed by atoms with Crippen LogP contribution < -0.4 is 21.7 Å². The van der Waals surface area contributed by atoms with Gasteiger partial charge in [-0.3, -0.25) is 9.59 Å². The summed E-state index contributed by atoms with van der Waals surface area (Å²) in [4.78, 5) is 32.5. The lowest BCUT2D eigenvalue weighted by Crippen LogP contribution is -2.51. The molecule has 2 bridgehead atoms. The second kappa shape index (κ2) is 8.58. The molecule has 1 aromatic heterocycles. The van der Waals surface area contributed by atoms with Gasteiger partial charge in [-0.2, -0.15) is 0 Å². The normalized spacial score (nSPS) is 26.6. The standard InChI is InChI=1S/C22H27FN6O2/c1-11-4-3-5-14(6-11)28-18(30)10-26-17-8-13-7-15(17)20(19(13)21(24)31)29-22-16(23)9-25-12(2)27-22/h3-6,9,13,15,17,19-20,26H,7-8,10H2,1-2H3,(H2,24,31)(H,28,30)(H,25,27,29). The van der Waals surface area contributed by atoms with Crippen LogP contribution in [0.2, 0.25) is 0 Å². The largest absolute Gasteiger partial charge is 0.369 e. The van der Waals surface area contributed by atoms with Crippen LogP contribution in [0.4, 0.5) is 15.9 Å². The highest BCUT2D eigenvalue weighted by atomic mass is 19.1. The van der Waals surface area contributed by atoms with E-state index < -0.39 is 17.6 Å². The summed E-state index contributed by atoms with van der Waals surface area (Å²) in [5, 5.41) is 9.31. The van der Waals surface area contributed by atoms with Gasteiger partial charge in [0, 0.05) is 17.8 Å². The Morgan fingerprint density at radius 3 is 2.81 bits per heavy atom. The zero-order valence-electron chi connectivity index (χ0n) is 17.6. The van der Waals surface area contributed by atoms with Crippen LogP contribution in [0.25, 0.3) is 0 Å². The summed E-state index contributed by atoms with van der Waals surface area (Å²) in [6, 6.07) is 7.28. The number of amides is 2. The number of hydrogen-bond donors (Lipinski definition) is 4. The molecule has 2 amide bonds. The molecular weight excluding hydrogens is 399 g/mol. The zero-order valence-corrected chi connectivity index (χ0v) is 17.6. The number of anilines is 2. The summed E-state index contributed by atoms with van der Waals surface area (Å²) in [5.74, 6) is -0.879. The lowest BCUT2D eigenvalue weighted by molar-refractivity contribution is -0.124. The molecule has 2 aromatic rings. The fraction of sp³-hybridized carbons (Fsp3) is 0.455. The fourth-order valence-electron chi connectivity index (χ4n) is 5.07. The van der Waals surface area contributed by atoms with Gasteiger partial charge >= 0.3 is 0 Å². The van der Waals surface area contributed by atoms with E-state index in [0.717, 1.165) is 30.3 Å². The number of nitrogens with zero attached hydrogens (tertiary/aromatic N) is 2. The topological polar surface area (TPSA) is 122 Å². The second-order valence-electron chi connectivity index (χ2n) is 8.51. The van der Waals surface area contributed by atoms with Gasteiger partial charge in [-0.05, 0) is 56.2 Å². The Bertz CT molecular complexity index is 1000. The highest BCUT2D eigenvalue weighted by Crippen LogP contribution is 2.49. The minimum atomic E-state index is -0.571. The van der Waals surface area contributed by atoms with Gasteiger partial charge in [-0.15, -0.1) is 0 Å². The van der Waals surface area contributed by atoms with E-state index in [9.17, 15) is 14.0 Å². The van der Waals surface area contributed by atoms with Gasteiger partial charge in [0.25, 0.3) is 0 Å². The molecule has 0 radical (unpaired) electrons. The van der Waals surface area contributed by atoms with Gasteiger partial charge in [0.15, 0.2) is 11.6 Å². The Morgan fingerprint density at radius 2 is 2.06 bits per heavy atom. The highest BCUT2D eigenvalue weighted by molar-refractivity contribution is 5.92. The summed E-state index contributed by atoms with van der Waals surface area (Å²) in [6.45, 7) is 3.79. The van der Waals surface area contributed by atoms with E-state index in [0.29, 0.717) is 5.82 Å². The number of halogens is 1. The van der Waals surface area contributed by atoms with Gasteiger partial charge in [0.1, 0.15) is 5.82 Å². The number of benzene rings is 1. The first-order valence-electron chi connectivity index (χ1n) is 10.5. The van der Waals surface area contributed by atoms with Crippen molar-refractivity contribution in [1.82, 2.24) is 15.3 Å². The summed E-state index contributed by atoms with van der Waals surface area (Å²) < 4.78 is 14.2.